The van der Waals surface area contributed by atoms with E-state index in [-0.39, 0.29) is 11.5 Å². The van der Waals surface area contributed by atoms with Crippen LogP contribution in [0.3, 0.4) is 0 Å². The molecular weight excluding hydrogens is 312 g/mol. The van der Waals surface area contributed by atoms with Gasteiger partial charge in [0.1, 0.15) is 0 Å². The number of aliphatic carboxylic acids is 1. The summed E-state index contributed by atoms with van der Waals surface area (Å²) in [6, 6.07) is 3.18. The first-order valence-corrected chi connectivity index (χ1v) is 7.11. The van der Waals surface area contributed by atoms with Crippen molar-refractivity contribution in [1.82, 2.24) is 0 Å². The van der Waals surface area contributed by atoms with E-state index in [1.165, 1.54) is 13.2 Å². The van der Waals surface area contributed by atoms with Crippen LogP contribution in [0, 0.1) is 0 Å². The first-order chi connectivity index (χ1) is 9.03. The highest BCUT2D eigenvalue weighted by atomic mass is 79.9. The van der Waals surface area contributed by atoms with Crippen molar-refractivity contribution in [2.24, 2.45) is 0 Å². The van der Waals surface area contributed by atoms with Crippen LogP contribution in [-0.2, 0) is 10.2 Å². The molecule has 1 aliphatic carbocycles. The van der Waals surface area contributed by atoms with Gasteiger partial charge in [0.05, 0.1) is 12.5 Å². The zero-order valence-electron chi connectivity index (χ0n) is 10.8. The van der Waals surface area contributed by atoms with Crippen molar-refractivity contribution in [1.29, 1.82) is 0 Å². The third-order valence-corrected chi connectivity index (χ3v) is 4.55. The van der Waals surface area contributed by atoms with E-state index in [4.69, 9.17) is 4.74 Å². The van der Waals surface area contributed by atoms with Gasteiger partial charge in [0.25, 0.3) is 0 Å². The van der Waals surface area contributed by atoms with Gasteiger partial charge in [-0.2, -0.15) is 0 Å². The molecule has 0 atom stereocenters. The van der Waals surface area contributed by atoms with Gasteiger partial charge in [0.2, 0.25) is 0 Å². The van der Waals surface area contributed by atoms with Crippen molar-refractivity contribution in [3.05, 3.63) is 22.2 Å². The maximum atomic E-state index is 11.9. The molecule has 0 heterocycles. The molecule has 0 aromatic heterocycles. The highest BCUT2D eigenvalue weighted by Gasteiger charge is 2.45. The largest absolute Gasteiger partial charge is 0.504 e. The molecule has 0 spiro atoms. The number of benzene rings is 1. The molecule has 1 saturated carbocycles. The molecule has 1 aromatic carbocycles. The topological polar surface area (TPSA) is 66.8 Å². The van der Waals surface area contributed by atoms with Gasteiger partial charge in [-0.3, -0.25) is 4.79 Å². The fourth-order valence-electron chi connectivity index (χ4n) is 2.93. The zero-order chi connectivity index (χ0) is 14.0. The summed E-state index contributed by atoms with van der Waals surface area (Å²) in [6.07, 6.45) is 3.93. The van der Waals surface area contributed by atoms with E-state index >= 15 is 0 Å². The molecule has 1 aliphatic rings. The van der Waals surface area contributed by atoms with Crippen molar-refractivity contribution in [2.75, 3.05) is 7.11 Å². The van der Waals surface area contributed by atoms with Crippen LogP contribution < -0.4 is 4.74 Å². The van der Waals surface area contributed by atoms with Crippen molar-refractivity contribution < 1.29 is 19.7 Å². The Morgan fingerprint density at radius 3 is 2.47 bits per heavy atom. The molecule has 5 heteroatoms. The first-order valence-electron chi connectivity index (χ1n) is 6.32. The van der Waals surface area contributed by atoms with Gasteiger partial charge < -0.3 is 14.9 Å². The number of carboxylic acids is 1. The molecule has 19 heavy (non-hydrogen) atoms. The molecule has 0 bridgehead atoms. The van der Waals surface area contributed by atoms with Gasteiger partial charge in [0, 0.05) is 10.0 Å². The van der Waals surface area contributed by atoms with Gasteiger partial charge in [0.15, 0.2) is 11.5 Å². The quantitative estimate of drug-likeness (QED) is 0.891. The van der Waals surface area contributed by atoms with Crippen LogP contribution >= 0.6 is 15.9 Å². The number of methoxy groups -OCH3 is 1. The number of aromatic hydroxyl groups is 1. The number of carbonyl (C=O) groups is 1. The number of ether oxygens (including phenoxy) is 1. The van der Waals surface area contributed by atoms with Gasteiger partial charge in [-0.15, -0.1) is 0 Å². The molecule has 0 saturated heterocycles. The number of hydrogen-bond donors (Lipinski definition) is 2. The summed E-state index contributed by atoms with van der Waals surface area (Å²) < 4.78 is 5.91. The predicted molar refractivity (Wildman–Crippen MR) is 74.8 cm³/mol. The minimum Gasteiger partial charge on any atom is -0.504 e. The SMILES string of the molecule is COc1c(O)ccc(Br)c1C1(C(=O)O)CCCCC1. The van der Waals surface area contributed by atoms with Crippen molar-refractivity contribution in [2.45, 2.75) is 37.5 Å². The number of hydrogen-bond acceptors (Lipinski definition) is 3. The van der Waals surface area contributed by atoms with Gasteiger partial charge in [-0.25, -0.2) is 0 Å². The van der Waals surface area contributed by atoms with Crippen LogP contribution in [0.25, 0.3) is 0 Å². The number of carboxylic acid groups (broad SMARTS) is 1. The number of halogens is 1. The zero-order valence-corrected chi connectivity index (χ0v) is 12.4. The summed E-state index contributed by atoms with van der Waals surface area (Å²) >= 11 is 3.41. The molecule has 0 unspecified atom stereocenters. The average molecular weight is 329 g/mol. The molecule has 2 N–H and O–H groups in total. The Balaban J connectivity index is 2.66. The second-order valence-corrected chi connectivity index (χ2v) is 5.78. The Labute approximate surface area is 120 Å². The fraction of sp³-hybridized carbons (Fsp3) is 0.500. The minimum atomic E-state index is -0.971. The Morgan fingerprint density at radius 2 is 1.95 bits per heavy atom. The molecular formula is C14H17BrO4. The Morgan fingerprint density at radius 1 is 1.32 bits per heavy atom. The van der Waals surface area contributed by atoms with Crippen LogP contribution in [0.15, 0.2) is 16.6 Å². The van der Waals surface area contributed by atoms with E-state index in [9.17, 15) is 15.0 Å². The standard InChI is InChI=1S/C14H17BrO4/c1-19-12-10(16)6-5-9(15)11(12)14(13(17)18)7-3-2-4-8-14/h5-6,16H,2-4,7-8H2,1H3,(H,17,18). The lowest BCUT2D eigenvalue weighted by molar-refractivity contribution is -0.145. The van der Waals surface area contributed by atoms with E-state index in [1.807, 2.05) is 0 Å². The minimum absolute atomic E-state index is 0.0214. The van der Waals surface area contributed by atoms with E-state index in [0.29, 0.717) is 22.9 Å². The Kier molecular flexibility index (Phi) is 4.04. The van der Waals surface area contributed by atoms with Crippen molar-refractivity contribution in [3.8, 4) is 11.5 Å². The molecule has 0 aliphatic heterocycles. The summed E-state index contributed by atoms with van der Waals surface area (Å²) in [5, 5.41) is 19.6. The molecule has 2 rings (SSSR count). The molecule has 104 valence electrons. The van der Waals surface area contributed by atoms with E-state index < -0.39 is 11.4 Å². The second kappa shape index (κ2) is 5.41. The lowest BCUT2D eigenvalue weighted by atomic mass is 9.69. The molecule has 0 amide bonds. The van der Waals surface area contributed by atoms with Gasteiger partial charge >= 0.3 is 5.97 Å². The van der Waals surface area contributed by atoms with E-state index in [1.54, 1.807) is 6.07 Å². The summed E-state index contributed by atoms with van der Waals surface area (Å²) in [5.74, 6) is -0.609. The highest BCUT2D eigenvalue weighted by Crippen LogP contribution is 2.49. The normalized spacial score (nSPS) is 18.0. The van der Waals surface area contributed by atoms with Crippen molar-refractivity contribution >= 4 is 21.9 Å². The maximum absolute atomic E-state index is 11.9. The van der Waals surface area contributed by atoms with Crippen LogP contribution in [0.2, 0.25) is 0 Å². The third-order valence-electron chi connectivity index (χ3n) is 3.89. The molecule has 4 nitrogen and oxygen atoms in total. The number of phenolic OH excluding ortho intramolecular Hbond substituents is 1. The smallest absolute Gasteiger partial charge is 0.314 e. The fourth-order valence-corrected chi connectivity index (χ4v) is 3.62. The van der Waals surface area contributed by atoms with Crippen LogP contribution in [-0.4, -0.2) is 23.3 Å². The summed E-state index contributed by atoms with van der Waals surface area (Å²) in [5.41, 5.74) is -0.413. The van der Waals surface area contributed by atoms with Crippen LogP contribution in [0.5, 0.6) is 11.5 Å². The second-order valence-electron chi connectivity index (χ2n) is 4.92. The van der Waals surface area contributed by atoms with Crippen molar-refractivity contribution in [3.63, 3.8) is 0 Å². The highest BCUT2D eigenvalue weighted by molar-refractivity contribution is 9.10. The maximum Gasteiger partial charge on any atom is 0.314 e. The van der Waals surface area contributed by atoms with Crippen LogP contribution in [0.4, 0.5) is 0 Å². The number of phenols is 1. The van der Waals surface area contributed by atoms with Gasteiger partial charge in [-0.05, 0) is 25.0 Å². The lowest BCUT2D eigenvalue weighted by Gasteiger charge is -2.35. The molecule has 1 aromatic rings. The van der Waals surface area contributed by atoms with E-state index in [2.05, 4.69) is 15.9 Å². The monoisotopic (exact) mass is 328 g/mol. The summed E-state index contributed by atoms with van der Waals surface area (Å²) in [4.78, 5) is 11.9. The van der Waals surface area contributed by atoms with E-state index in [0.717, 1.165) is 19.3 Å². The Hall–Kier alpha value is -1.23. The van der Waals surface area contributed by atoms with Gasteiger partial charge in [-0.1, -0.05) is 35.2 Å². The lowest BCUT2D eigenvalue weighted by Crippen LogP contribution is -2.38. The molecule has 1 fully saturated rings. The average Bonchev–Trinajstić information content (AvgIpc) is 2.41. The predicted octanol–water partition coefficient (Wildman–Crippen LogP) is 3.45. The first kappa shape index (κ1) is 14.2. The number of rotatable bonds is 3. The third kappa shape index (κ3) is 2.31. The van der Waals surface area contributed by atoms with Crippen LogP contribution in [0.1, 0.15) is 37.7 Å². The Bertz CT molecular complexity index is 492. The summed E-state index contributed by atoms with van der Waals surface area (Å²) in [6.45, 7) is 0. The summed E-state index contributed by atoms with van der Waals surface area (Å²) in [7, 11) is 1.45. The molecule has 0 radical (unpaired) electrons.